The maximum absolute atomic E-state index is 13.9. The third-order valence-corrected chi connectivity index (χ3v) is 14.4. The molecule has 2 fully saturated rings. The lowest BCUT2D eigenvalue weighted by molar-refractivity contribution is -0.141. The Balaban J connectivity index is 1.58. The van der Waals surface area contributed by atoms with Gasteiger partial charge in [-0.05, 0) is 53.7 Å². The number of benzene rings is 1. The van der Waals surface area contributed by atoms with Gasteiger partial charge in [-0.3, -0.25) is 4.79 Å². The Kier molecular flexibility index (Phi) is 8.78. The SMILES string of the molecule is CC(C)(C)[Si](C)(C)OCc1ccnc(S(=O)(=O)N2CC(C(=O)N3CCOCC3)CC(c3ccccc3)C2)c1. The smallest absolute Gasteiger partial charge is 0.260 e. The highest BCUT2D eigenvalue weighted by molar-refractivity contribution is 7.89. The summed E-state index contributed by atoms with van der Waals surface area (Å²) in [5, 5.41) is 0.0529. The summed E-state index contributed by atoms with van der Waals surface area (Å²) in [5.74, 6) is -0.509. The molecular formula is C28H41N3O5SSi. The predicted octanol–water partition coefficient (Wildman–Crippen LogP) is 4.26. The first-order valence-electron chi connectivity index (χ1n) is 13.4. The van der Waals surface area contributed by atoms with Crippen molar-refractivity contribution < 1.29 is 22.4 Å². The van der Waals surface area contributed by atoms with E-state index in [-0.39, 0.29) is 28.4 Å². The second kappa shape index (κ2) is 11.6. The maximum atomic E-state index is 13.9. The van der Waals surface area contributed by atoms with Crippen molar-refractivity contribution in [2.24, 2.45) is 5.92 Å². The van der Waals surface area contributed by atoms with Crippen LogP contribution < -0.4 is 0 Å². The molecule has 0 spiro atoms. The minimum atomic E-state index is -3.92. The van der Waals surface area contributed by atoms with Crippen LogP contribution in [-0.2, 0) is 30.6 Å². The number of carbonyl (C=O) groups is 1. The summed E-state index contributed by atoms with van der Waals surface area (Å²) >= 11 is 0. The average Bonchev–Trinajstić information content (AvgIpc) is 2.92. The molecule has 0 radical (unpaired) electrons. The van der Waals surface area contributed by atoms with Crippen LogP contribution in [0.25, 0.3) is 0 Å². The summed E-state index contributed by atoms with van der Waals surface area (Å²) in [5.41, 5.74) is 1.82. The van der Waals surface area contributed by atoms with Crippen molar-refractivity contribution in [2.45, 2.75) is 62.9 Å². The zero-order valence-electron chi connectivity index (χ0n) is 23.2. The van der Waals surface area contributed by atoms with Crippen molar-refractivity contribution in [2.75, 3.05) is 39.4 Å². The number of amides is 1. The Hall–Kier alpha value is -2.11. The fourth-order valence-corrected chi connectivity index (χ4v) is 7.21. The molecule has 208 valence electrons. The molecule has 10 heteroatoms. The Morgan fingerprint density at radius 2 is 1.79 bits per heavy atom. The van der Waals surface area contributed by atoms with Crippen LogP contribution in [0.2, 0.25) is 18.1 Å². The van der Waals surface area contributed by atoms with Gasteiger partial charge in [-0.15, -0.1) is 0 Å². The van der Waals surface area contributed by atoms with Gasteiger partial charge in [0.2, 0.25) is 5.91 Å². The molecule has 2 saturated heterocycles. The van der Waals surface area contributed by atoms with Crippen molar-refractivity contribution in [1.29, 1.82) is 0 Å². The normalized spacial score (nSPS) is 21.9. The summed E-state index contributed by atoms with van der Waals surface area (Å²) in [7, 11) is -5.92. The van der Waals surface area contributed by atoms with Crippen molar-refractivity contribution in [3.8, 4) is 0 Å². The number of pyridine rings is 1. The van der Waals surface area contributed by atoms with Crippen LogP contribution in [0.5, 0.6) is 0 Å². The van der Waals surface area contributed by atoms with E-state index in [2.05, 4.69) is 38.8 Å². The van der Waals surface area contributed by atoms with Crippen LogP contribution in [-0.4, -0.2) is 76.2 Å². The molecule has 4 rings (SSSR count). The van der Waals surface area contributed by atoms with Gasteiger partial charge in [-0.1, -0.05) is 51.1 Å². The summed E-state index contributed by atoms with van der Waals surface area (Å²) < 4.78 is 41.0. The van der Waals surface area contributed by atoms with Crippen LogP contribution in [0.3, 0.4) is 0 Å². The fraction of sp³-hybridized carbons (Fsp3) is 0.571. The molecule has 1 aromatic carbocycles. The van der Waals surface area contributed by atoms with Gasteiger partial charge in [-0.25, -0.2) is 13.4 Å². The number of piperidine rings is 1. The molecule has 2 aliphatic heterocycles. The van der Waals surface area contributed by atoms with Gasteiger partial charge < -0.3 is 14.1 Å². The third kappa shape index (κ3) is 6.54. The van der Waals surface area contributed by atoms with Gasteiger partial charge in [0.05, 0.1) is 25.7 Å². The highest BCUT2D eigenvalue weighted by Gasteiger charge is 2.41. The molecule has 2 aromatic rings. The second-order valence-corrected chi connectivity index (χ2v) is 18.5. The zero-order valence-corrected chi connectivity index (χ0v) is 25.0. The van der Waals surface area contributed by atoms with E-state index in [9.17, 15) is 13.2 Å². The minimum Gasteiger partial charge on any atom is -0.413 e. The molecular weight excluding hydrogens is 518 g/mol. The van der Waals surface area contributed by atoms with Gasteiger partial charge in [0, 0.05) is 32.4 Å². The molecule has 2 atom stereocenters. The standard InChI is InChI=1S/C28H41N3O5SSi/c1-28(2,3)38(4,5)36-21-22-11-12-29-26(17-22)37(33,34)31-19-24(23-9-7-6-8-10-23)18-25(20-31)27(32)30-13-15-35-16-14-30/h6-12,17,24-25H,13-16,18-21H2,1-5H3. The number of nitrogens with zero attached hydrogens (tertiary/aromatic N) is 3. The maximum Gasteiger partial charge on any atom is 0.260 e. The molecule has 2 aliphatic rings. The van der Waals surface area contributed by atoms with Crippen molar-refractivity contribution in [1.82, 2.24) is 14.2 Å². The first kappa shape index (κ1) is 28.9. The fourth-order valence-electron chi connectivity index (χ4n) is 4.74. The van der Waals surface area contributed by atoms with E-state index < -0.39 is 24.3 Å². The Morgan fingerprint density at radius 3 is 2.45 bits per heavy atom. The highest BCUT2D eigenvalue weighted by atomic mass is 32.2. The summed E-state index contributed by atoms with van der Waals surface area (Å²) in [6.45, 7) is 13.8. The minimum absolute atomic E-state index is 0.000106. The van der Waals surface area contributed by atoms with E-state index in [4.69, 9.17) is 9.16 Å². The molecule has 1 aromatic heterocycles. The van der Waals surface area contributed by atoms with Crippen molar-refractivity contribution >= 4 is 24.2 Å². The quantitative estimate of drug-likeness (QED) is 0.471. The predicted molar refractivity (Wildman–Crippen MR) is 150 cm³/mol. The summed E-state index contributed by atoms with van der Waals surface area (Å²) in [6, 6.07) is 13.3. The molecule has 3 heterocycles. The van der Waals surface area contributed by atoms with Crippen LogP contribution >= 0.6 is 0 Å². The van der Waals surface area contributed by atoms with Gasteiger partial charge in [0.1, 0.15) is 0 Å². The summed E-state index contributed by atoms with van der Waals surface area (Å²) in [4.78, 5) is 19.5. The van der Waals surface area contributed by atoms with Gasteiger partial charge >= 0.3 is 0 Å². The molecule has 1 amide bonds. The Bertz CT molecular complexity index is 1210. The van der Waals surface area contributed by atoms with Crippen molar-refractivity contribution in [3.63, 3.8) is 0 Å². The number of aromatic nitrogens is 1. The number of hydrogen-bond acceptors (Lipinski definition) is 6. The number of ether oxygens (including phenoxy) is 1. The van der Waals surface area contributed by atoms with Gasteiger partial charge in [-0.2, -0.15) is 4.31 Å². The lowest BCUT2D eigenvalue weighted by Crippen LogP contribution is -2.51. The van der Waals surface area contributed by atoms with E-state index in [0.717, 1.165) is 11.1 Å². The summed E-state index contributed by atoms with van der Waals surface area (Å²) in [6.07, 6.45) is 2.15. The van der Waals surface area contributed by atoms with E-state index >= 15 is 0 Å². The number of hydrogen-bond donors (Lipinski definition) is 0. The van der Waals surface area contributed by atoms with E-state index in [1.54, 1.807) is 12.1 Å². The van der Waals surface area contributed by atoms with Gasteiger partial charge in [0.25, 0.3) is 10.0 Å². The van der Waals surface area contributed by atoms with Crippen LogP contribution in [0.4, 0.5) is 0 Å². The number of morpholine rings is 1. The second-order valence-electron chi connectivity index (χ2n) is 11.9. The molecule has 2 unspecified atom stereocenters. The van der Waals surface area contributed by atoms with Crippen LogP contribution in [0.1, 0.15) is 44.2 Å². The van der Waals surface area contributed by atoms with E-state index in [1.165, 1.54) is 10.5 Å². The Labute approximate surface area is 228 Å². The van der Waals surface area contributed by atoms with Crippen molar-refractivity contribution in [3.05, 3.63) is 59.8 Å². The van der Waals surface area contributed by atoms with E-state index in [0.29, 0.717) is 45.9 Å². The number of carbonyl (C=O) groups excluding carboxylic acids is 1. The first-order valence-corrected chi connectivity index (χ1v) is 17.7. The number of rotatable bonds is 7. The molecule has 0 saturated carbocycles. The third-order valence-electron chi connectivity index (χ3n) is 8.17. The average molecular weight is 560 g/mol. The Morgan fingerprint density at radius 1 is 1.11 bits per heavy atom. The molecule has 8 nitrogen and oxygen atoms in total. The van der Waals surface area contributed by atoms with E-state index in [1.807, 2.05) is 35.2 Å². The molecule has 38 heavy (non-hydrogen) atoms. The molecule has 0 aliphatic carbocycles. The van der Waals surface area contributed by atoms with Crippen LogP contribution in [0.15, 0.2) is 53.7 Å². The highest BCUT2D eigenvalue weighted by Crippen LogP contribution is 2.37. The lowest BCUT2D eigenvalue weighted by atomic mass is 9.85. The zero-order chi connectivity index (χ0) is 27.6. The largest absolute Gasteiger partial charge is 0.413 e. The monoisotopic (exact) mass is 559 g/mol. The molecule has 0 bridgehead atoms. The first-order chi connectivity index (χ1) is 17.9. The van der Waals surface area contributed by atoms with Crippen LogP contribution in [0, 0.1) is 5.92 Å². The number of sulfonamides is 1. The lowest BCUT2D eigenvalue weighted by Gasteiger charge is -2.39. The van der Waals surface area contributed by atoms with Gasteiger partial charge in [0.15, 0.2) is 13.3 Å². The topological polar surface area (TPSA) is 89.0 Å². The molecule has 0 N–H and O–H groups in total.